The third kappa shape index (κ3) is 4.91. The molecule has 1 fully saturated rings. The number of imidazole rings is 1. The van der Waals surface area contributed by atoms with Crippen molar-refractivity contribution in [3.8, 4) is 5.75 Å². The molecule has 1 atom stereocenters. The Kier molecular flexibility index (Phi) is 6.68. The van der Waals surface area contributed by atoms with Gasteiger partial charge in [0.05, 0.1) is 13.4 Å². The highest BCUT2D eigenvalue weighted by Crippen LogP contribution is 2.21. The minimum atomic E-state index is -0.0498. The summed E-state index contributed by atoms with van der Waals surface area (Å²) in [6.07, 6.45) is 7.63. The minimum Gasteiger partial charge on any atom is -0.497 e. The van der Waals surface area contributed by atoms with Crippen molar-refractivity contribution in [2.45, 2.75) is 38.8 Å². The third-order valence-corrected chi connectivity index (χ3v) is 5.30. The molecule has 1 aliphatic rings. The molecular formula is C21H28N4O3. The van der Waals surface area contributed by atoms with Gasteiger partial charge in [0.15, 0.2) is 0 Å². The number of nitrogens with zero attached hydrogens (tertiary/aromatic N) is 3. The molecule has 2 heterocycles. The monoisotopic (exact) mass is 384 g/mol. The lowest BCUT2D eigenvalue weighted by Gasteiger charge is -2.32. The topological polar surface area (TPSA) is 76.5 Å². The van der Waals surface area contributed by atoms with Gasteiger partial charge in [0.1, 0.15) is 5.75 Å². The SMILES string of the molecule is CCC(Cn1ccnc1)NC(=O)C1CCN(C(=O)c2cccc(OC)c2)CC1. The van der Waals surface area contributed by atoms with Crippen LogP contribution >= 0.6 is 0 Å². The number of methoxy groups -OCH3 is 1. The van der Waals surface area contributed by atoms with Gasteiger partial charge in [-0.25, -0.2) is 4.98 Å². The predicted molar refractivity (Wildman–Crippen MR) is 106 cm³/mol. The zero-order valence-corrected chi connectivity index (χ0v) is 16.5. The van der Waals surface area contributed by atoms with Gasteiger partial charge in [0.2, 0.25) is 5.91 Å². The number of ether oxygens (including phenoxy) is 1. The zero-order valence-electron chi connectivity index (χ0n) is 16.5. The molecule has 28 heavy (non-hydrogen) atoms. The summed E-state index contributed by atoms with van der Waals surface area (Å²) in [4.78, 5) is 31.2. The summed E-state index contributed by atoms with van der Waals surface area (Å²) in [7, 11) is 1.59. The van der Waals surface area contributed by atoms with Crippen molar-refractivity contribution in [2.24, 2.45) is 5.92 Å². The average Bonchev–Trinajstić information content (AvgIpc) is 3.26. The molecule has 7 heteroatoms. The Morgan fingerprint density at radius 1 is 1.32 bits per heavy atom. The summed E-state index contributed by atoms with van der Waals surface area (Å²) in [6, 6.07) is 7.27. The van der Waals surface area contributed by atoms with Gasteiger partial charge in [0, 0.05) is 49.6 Å². The van der Waals surface area contributed by atoms with E-state index in [0.29, 0.717) is 37.2 Å². The zero-order chi connectivity index (χ0) is 19.9. The fourth-order valence-corrected chi connectivity index (χ4v) is 3.53. The summed E-state index contributed by atoms with van der Waals surface area (Å²) >= 11 is 0. The van der Waals surface area contributed by atoms with Crippen LogP contribution in [0.3, 0.4) is 0 Å². The quantitative estimate of drug-likeness (QED) is 0.795. The molecule has 1 aliphatic heterocycles. The Balaban J connectivity index is 1.51. The first-order valence-electron chi connectivity index (χ1n) is 9.80. The highest BCUT2D eigenvalue weighted by atomic mass is 16.5. The Morgan fingerprint density at radius 2 is 2.11 bits per heavy atom. The summed E-state index contributed by atoms with van der Waals surface area (Å²) in [6.45, 7) is 3.96. The highest BCUT2D eigenvalue weighted by Gasteiger charge is 2.28. The number of likely N-dealkylation sites (tertiary alicyclic amines) is 1. The Labute approximate surface area is 165 Å². The lowest BCUT2D eigenvalue weighted by atomic mass is 9.95. The molecule has 1 aromatic heterocycles. The second kappa shape index (κ2) is 9.39. The molecule has 7 nitrogen and oxygen atoms in total. The standard InChI is InChI=1S/C21H28N4O3/c1-3-18(14-24-12-9-22-15-24)23-20(26)16-7-10-25(11-8-16)21(27)17-5-4-6-19(13-17)28-2/h4-6,9,12-13,15-16,18H,3,7-8,10-11,14H2,1-2H3,(H,23,26). The molecule has 1 N–H and O–H groups in total. The van der Waals surface area contributed by atoms with Crippen molar-refractivity contribution in [1.82, 2.24) is 19.8 Å². The van der Waals surface area contributed by atoms with Crippen LogP contribution < -0.4 is 10.1 Å². The van der Waals surface area contributed by atoms with Crippen molar-refractivity contribution >= 4 is 11.8 Å². The van der Waals surface area contributed by atoms with Gasteiger partial charge >= 0.3 is 0 Å². The lowest BCUT2D eigenvalue weighted by molar-refractivity contribution is -0.127. The van der Waals surface area contributed by atoms with E-state index >= 15 is 0 Å². The van der Waals surface area contributed by atoms with E-state index in [2.05, 4.69) is 17.2 Å². The number of hydrogen-bond acceptors (Lipinski definition) is 4. The molecule has 0 radical (unpaired) electrons. The fourth-order valence-electron chi connectivity index (χ4n) is 3.53. The number of benzene rings is 1. The van der Waals surface area contributed by atoms with Gasteiger partial charge in [-0.2, -0.15) is 0 Å². The molecule has 0 spiro atoms. The molecule has 1 aromatic carbocycles. The van der Waals surface area contributed by atoms with Crippen molar-refractivity contribution < 1.29 is 14.3 Å². The van der Waals surface area contributed by atoms with Crippen molar-refractivity contribution in [1.29, 1.82) is 0 Å². The summed E-state index contributed by atoms with van der Waals surface area (Å²) in [5.41, 5.74) is 0.619. The first-order chi connectivity index (χ1) is 13.6. The fraction of sp³-hybridized carbons (Fsp3) is 0.476. The van der Waals surface area contributed by atoms with E-state index in [1.165, 1.54) is 0 Å². The largest absolute Gasteiger partial charge is 0.497 e. The van der Waals surface area contributed by atoms with Crippen LogP contribution in [0.2, 0.25) is 0 Å². The van der Waals surface area contributed by atoms with Crippen LogP contribution in [0, 0.1) is 5.92 Å². The van der Waals surface area contributed by atoms with Gasteiger partial charge in [-0.15, -0.1) is 0 Å². The number of amides is 2. The van der Waals surface area contributed by atoms with Crippen LogP contribution in [0.4, 0.5) is 0 Å². The maximum absolute atomic E-state index is 12.7. The van der Waals surface area contributed by atoms with E-state index < -0.39 is 0 Å². The van der Waals surface area contributed by atoms with E-state index in [-0.39, 0.29) is 23.8 Å². The maximum Gasteiger partial charge on any atom is 0.253 e. The number of carbonyl (C=O) groups excluding carboxylic acids is 2. The van der Waals surface area contributed by atoms with E-state index in [1.54, 1.807) is 31.8 Å². The van der Waals surface area contributed by atoms with Crippen LogP contribution in [-0.4, -0.2) is 52.5 Å². The van der Waals surface area contributed by atoms with E-state index in [9.17, 15) is 9.59 Å². The molecular weight excluding hydrogens is 356 g/mol. The first-order valence-corrected chi connectivity index (χ1v) is 9.80. The Hall–Kier alpha value is -2.83. The number of hydrogen-bond donors (Lipinski definition) is 1. The summed E-state index contributed by atoms with van der Waals surface area (Å²) < 4.78 is 7.17. The summed E-state index contributed by atoms with van der Waals surface area (Å²) in [5.74, 6) is 0.694. The average molecular weight is 384 g/mol. The molecule has 3 rings (SSSR count). The predicted octanol–water partition coefficient (Wildman–Crippen LogP) is 2.34. The van der Waals surface area contributed by atoms with Crippen LogP contribution in [0.25, 0.3) is 0 Å². The third-order valence-electron chi connectivity index (χ3n) is 5.30. The molecule has 0 bridgehead atoms. The van der Waals surface area contributed by atoms with Crippen LogP contribution in [-0.2, 0) is 11.3 Å². The second-order valence-electron chi connectivity index (χ2n) is 7.17. The number of nitrogens with one attached hydrogen (secondary N) is 1. The van der Waals surface area contributed by atoms with Crippen LogP contribution in [0.15, 0.2) is 43.0 Å². The number of carbonyl (C=O) groups is 2. The molecule has 1 unspecified atom stereocenters. The van der Waals surface area contributed by atoms with Crippen LogP contribution in [0.1, 0.15) is 36.5 Å². The van der Waals surface area contributed by atoms with E-state index in [0.717, 1.165) is 13.0 Å². The van der Waals surface area contributed by atoms with Gasteiger partial charge in [-0.1, -0.05) is 13.0 Å². The van der Waals surface area contributed by atoms with Crippen molar-refractivity contribution in [3.63, 3.8) is 0 Å². The molecule has 1 saturated heterocycles. The molecule has 2 amide bonds. The van der Waals surface area contributed by atoms with Gasteiger partial charge in [-0.05, 0) is 37.5 Å². The normalized spacial score (nSPS) is 15.9. The lowest BCUT2D eigenvalue weighted by Crippen LogP contribution is -2.46. The number of rotatable bonds is 7. The van der Waals surface area contributed by atoms with E-state index in [4.69, 9.17) is 4.74 Å². The number of aromatic nitrogens is 2. The molecule has 2 aromatic rings. The van der Waals surface area contributed by atoms with Crippen molar-refractivity contribution in [2.75, 3.05) is 20.2 Å². The maximum atomic E-state index is 12.7. The van der Waals surface area contributed by atoms with Gasteiger partial charge < -0.3 is 19.5 Å². The molecule has 0 saturated carbocycles. The second-order valence-corrected chi connectivity index (χ2v) is 7.17. The van der Waals surface area contributed by atoms with Gasteiger partial charge in [0.25, 0.3) is 5.91 Å². The highest BCUT2D eigenvalue weighted by molar-refractivity contribution is 5.94. The Bertz CT molecular complexity index is 783. The first kappa shape index (κ1) is 19.9. The van der Waals surface area contributed by atoms with Crippen LogP contribution in [0.5, 0.6) is 5.75 Å². The molecule has 150 valence electrons. The smallest absolute Gasteiger partial charge is 0.253 e. The van der Waals surface area contributed by atoms with Crippen molar-refractivity contribution in [3.05, 3.63) is 48.5 Å². The van der Waals surface area contributed by atoms with E-state index in [1.807, 2.05) is 27.8 Å². The molecule has 0 aliphatic carbocycles. The Morgan fingerprint density at radius 3 is 2.75 bits per heavy atom. The minimum absolute atomic E-state index is 0.00991. The number of piperidine rings is 1. The van der Waals surface area contributed by atoms with Gasteiger partial charge in [-0.3, -0.25) is 9.59 Å². The summed E-state index contributed by atoms with van der Waals surface area (Å²) in [5, 5.41) is 3.16.